The summed E-state index contributed by atoms with van der Waals surface area (Å²) < 4.78 is 32.2. The van der Waals surface area contributed by atoms with Crippen LogP contribution in [0.15, 0.2) is 24.3 Å². The number of hydrogen-bond donors (Lipinski definition) is 3. The van der Waals surface area contributed by atoms with Crippen molar-refractivity contribution in [3.63, 3.8) is 0 Å². The zero-order valence-corrected chi connectivity index (χ0v) is 29.7. The van der Waals surface area contributed by atoms with E-state index in [0.29, 0.717) is 12.8 Å². The van der Waals surface area contributed by atoms with Crippen LogP contribution in [0.2, 0.25) is 0 Å². The minimum absolute atomic E-state index is 0.184. The Morgan fingerprint density at radius 2 is 0.957 bits per heavy atom. The zero-order valence-electron chi connectivity index (χ0n) is 28.8. The molecule has 0 aromatic rings. The van der Waals surface area contributed by atoms with Crippen LogP contribution in [0.3, 0.4) is 0 Å². The summed E-state index contributed by atoms with van der Waals surface area (Å²) in [5.74, 6) is -1.04. The standard InChI is InChI=1S/C35H65O10P/c1-3-5-7-9-10-11-12-13-14-15-16-17-18-19-20-21-23-25-27-35(39)45-33(29-37)31-43-46(40,41)42-30-32(28-36)44-34(38)26-24-22-8-6-4-2/h11-12,14-15,32-33,36-37H,3-10,13,16-31H2,1-2H3,(H,40,41)/b12-11-,15-14-. The van der Waals surface area contributed by atoms with E-state index in [1.165, 1.54) is 51.4 Å². The highest BCUT2D eigenvalue weighted by molar-refractivity contribution is 7.47. The minimum Gasteiger partial charge on any atom is -0.457 e. The second-order valence-electron chi connectivity index (χ2n) is 11.9. The number of unbranched alkanes of at least 4 members (excludes halogenated alkanes) is 15. The molecule has 3 N–H and O–H groups in total. The van der Waals surface area contributed by atoms with Gasteiger partial charge < -0.3 is 24.6 Å². The molecule has 46 heavy (non-hydrogen) atoms. The number of esters is 2. The number of aliphatic hydroxyl groups is 2. The molecule has 0 saturated carbocycles. The van der Waals surface area contributed by atoms with Gasteiger partial charge in [-0.15, -0.1) is 0 Å². The van der Waals surface area contributed by atoms with E-state index in [1.54, 1.807) is 0 Å². The first-order chi connectivity index (χ1) is 22.3. The minimum atomic E-state index is -4.62. The Morgan fingerprint density at radius 3 is 1.37 bits per heavy atom. The lowest BCUT2D eigenvalue weighted by Gasteiger charge is -2.20. The van der Waals surface area contributed by atoms with Gasteiger partial charge in [-0.1, -0.05) is 115 Å². The third-order valence-corrected chi connectivity index (χ3v) is 8.37. The van der Waals surface area contributed by atoms with Crippen LogP contribution in [0.1, 0.15) is 149 Å². The van der Waals surface area contributed by atoms with E-state index in [2.05, 4.69) is 38.2 Å². The van der Waals surface area contributed by atoms with Gasteiger partial charge in [-0.25, -0.2) is 4.57 Å². The average Bonchev–Trinajstić information content (AvgIpc) is 3.04. The molecule has 0 heterocycles. The predicted octanol–water partition coefficient (Wildman–Crippen LogP) is 8.27. The largest absolute Gasteiger partial charge is 0.472 e. The number of rotatable bonds is 33. The summed E-state index contributed by atoms with van der Waals surface area (Å²) >= 11 is 0. The van der Waals surface area contributed by atoms with Gasteiger partial charge in [-0.3, -0.25) is 18.6 Å². The van der Waals surface area contributed by atoms with Crippen LogP contribution >= 0.6 is 7.82 Å². The first kappa shape index (κ1) is 44.5. The fourth-order valence-electron chi connectivity index (χ4n) is 4.61. The molecule has 0 rings (SSSR count). The summed E-state index contributed by atoms with van der Waals surface area (Å²) in [6.07, 6.45) is 27.8. The Morgan fingerprint density at radius 1 is 0.587 bits per heavy atom. The maximum Gasteiger partial charge on any atom is 0.472 e. The first-order valence-corrected chi connectivity index (χ1v) is 19.3. The molecule has 0 radical (unpaired) electrons. The van der Waals surface area contributed by atoms with Crippen molar-refractivity contribution < 1.29 is 47.8 Å². The second-order valence-corrected chi connectivity index (χ2v) is 13.3. The van der Waals surface area contributed by atoms with E-state index in [0.717, 1.165) is 57.8 Å². The maximum atomic E-state index is 12.2. The van der Waals surface area contributed by atoms with Crippen LogP contribution in [-0.4, -0.2) is 65.7 Å². The molecule has 0 spiro atoms. The maximum absolute atomic E-state index is 12.2. The van der Waals surface area contributed by atoms with Gasteiger partial charge in [0.2, 0.25) is 0 Å². The molecule has 0 aromatic heterocycles. The number of carbonyl (C=O) groups is 2. The van der Waals surface area contributed by atoms with E-state index in [4.69, 9.17) is 18.5 Å². The van der Waals surface area contributed by atoms with Crippen molar-refractivity contribution in [2.24, 2.45) is 0 Å². The topological polar surface area (TPSA) is 149 Å². The molecular weight excluding hydrogens is 611 g/mol. The molecule has 270 valence electrons. The third kappa shape index (κ3) is 29.8. The molecule has 0 fully saturated rings. The monoisotopic (exact) mass is 676 g/mol. The number of phosphoric ester groups is 1. The molecule has 0 aromatic carbocycles. The summed E-state index contributed by atoms with van der Waals surface area (Å²) in [6.45, 7) is 2.05. The van der Waals surface area contributed by atoms with Gasteiger partial charge in [0, 0.05) is 12.8 Å². The number of allylic oxidation sites excluding steroid dienone is 4. The number of hydrogen-bond acceptors (Lipinski definition) is 9. The van der Waals surface area contributed by atoms with Gasteiger partial charge in [0.05, 0.1) is 26.4 Å². The van der Waals surface area contributed by atoms with Crippen LogP contribution in [0, 0.1) is 0 Å². The summed E-state index contributed by atoms with van der Waals surface area (Å²) in [6, 6.07) is 0. The van der Waals surface area contributed by atoms with Crippen LogP contribution in [0.25, 0.3) is 0 Å². The SMILES string of the molecule is CCCCCC/C=C\C/C=C\CCCCCCCCCC(=O)OC(CO)COP(=O)(O)OCC(CO)OC(=O)CCCCCCC. The Hall–Kier alpha value is -1.55. The lowest BCUT2D eigenvalue weighted by Crippen LogP contribution is -2.28. The van der Waals surface area contributed by atoms with Crippen molar-refractivity contribution >= 4 is 19.8 Å². The summed E-state index contributed by atoms with van der Waals surface area (Å²) in [4.78, 5) is 34.0. The van der Waals surface area contributed by atoms with Crippen molar-refractivity contribution in [3.8, 4) is 0 Å². The van der Waals surface area contributed by atoms with Crippen molar-refractivity contribution in [3.05, 3.63) is 24.3 Å². The Balaban J connectivity index is 3.94. The predicted molar refractivity (Wildman–Crippen MR) is 182 cm³/mol. The molecule has 0 bridgehead atoms. The number of carbonyl (C=O) groups excluding carboxylic acids is 2. The quantitative estimate of drug-likeness (QED) is 0.0268. The van der Waals surface area contributed by atoms with Gasteiger partial charge in [-0.05, 0) is 44.9 Å². The molecule has 0 amide bonds. The summed E-state index contributed by atoms with van der Waals surface area (Å²) in [7, 11) is -4.62. The molecule has 0 aliphatic carbocycles. The van der Waals surface area contributed by atoms with Crippen LogP contribution < -0.4 is 0 Å². The van der Waals surface area contributed by atoms with Crippen LogP contribution in [0.4, 0.5) is 0 Å². The second kappa shape index (κ2) is 32.0. The molecule has 0 aliphatic heterocycles. The van der Waals surface area contributed by atoms with E-state index in [1.807, 2.05) is 0 Å². The third-order valence-electron chi connectivity index (χ3n) is 7.42. The van der Waals surface area contributed by atoms with E-state index >= 15 is 0 Å². The van der Waals surface area contributed by atoms with Crippen molar-refractivity contribution in [1.29, 1.82) is 0 Å². The van der Waals surface area contributed by atoms with Crippen molar-refractivity contribution in [1.82, 2.24) is 0 Å². The van der Waals surface area contributed by atoms with Gasteiger partial charge in [-0.2, -0.15) is 0 Å². The lowest BCUT2D eigenvalue weighted by atomic mass is 10.1. The molecule has 11 heteroatoms. The van der Waals surface area contributed by atoms with E-state index < -0.39 is 58.4 Å². The van der Waals surface area contributed by atoms with Crippen LogP contribution in [0.5, 0.6) is 0 Å². The van der Waals surface area contributed by atoms with Crippen LogP contribution in [-0.2, 0) is 32.7 Å². The molecule has 10 nitrogen and oxygen atoms in total. The van der Waals surface area contributed by atoms with Gasteiger partial charge in [0.15, 0.2) is 0 Å². The van der Waals surface area contributed by atoms with Gasteiger partial charge in [0.1, 0.15) is 12.2 Å². The fraction of sp³-hybridized carbons (Fsp3) is 0.829. The molecule has 0 aliphatic rings. The van der Waals surface area contributed by atoms with Gasteiger partial charge in [0.25, 0.3) is 0 Å². The first-order valence-electron chi connectivity index (χ1n) is 17.8. The Bertz CT molecular complexity index is 832. The lowest BCUT2D eigenvalue weighted by molar-refractivity contribution is -0.153. The normalized spacial score (nSPS) is 14.5. The molecule has 3 unspecified atom stereocenters. The summed E-state index contributed by atoms with van der Waals surface area (Å²) in [5, 5.41) is 18.9. The number of ether oxygens (including phenoxy) is 2. The zero-order chi connectivity index (χ0) is 34.1. The fourth-order valence-corrected chi connectivity index (χ4v) is 5.40. The molecule has 3 atom stereocenters. The Labute approximate surface area is 278 Å². The van der Waals surface area contributed by atoms with E-state index in [9.17, 15) is 29.3 Å². The van der Waals surface area contributed by atoms with E-state index in [-0.39, 0.29) is 12.8 Å². The van der Waals surface area contributed by atoms with Gasteiger partial charge >= 0.3 is 19.8 Å². The van der Waals surface area contributed by atoms with Crippen molar-refractivity contribution in [2.45, 2.75) is 161 Å². The highest BCUT2D eigenvalue weighted by Gasteiger charge is 2.27. The summed E-state index contributed by atoms with van der Waals surface area (Å²) in [5.41, 5.74) is 0. The number of aliphatic hydroxyl groups excluding tert-OH is 2. The number of phosphoric acid groups is 1. The molecule has 0 saturated heterocycles. The van der Waals surface area contributed by atoms with Crippen molar-refractivity contribution in [2.75, 3.05) is 26.4 Å². The smallest absolute Gasteiger partial charge is 0.457 e. The average molecular weight is 677 g/mol. The highest BCUT2D eigenvalue weighted by atomic mass is 31.2. The Kier molecular flexibility index (Phi) is 30.9. The molecular formula is C35H65O10P. The highest BCUT2D eigenvalue weighted by Crippen LogP contribution is 2.43.